The fourth-order valence-electron chi connectivity index (χ4n) is 2.85. The van der Waals surface area contributed by atoms with Crippen LogP contribution in [-0.2, 0) is 0 Å². The van der Waals surface area contributed by atoms with Gasteiger partial charge in [0, 0.05) is 18.8 Å². The highest BCUT2D eigenvalue weighted by Gasteiger charge is 2.21. The Kier molecular flexibility index (Phi) is 4.43. The summed E-state index contributed by atoms with van der Waals surface area (Å²) in [6, 6.07) is 11.2. The number of nitrogens with one attached hydrogen (secondary N) is 4. The Balaban J connectivity index is 1.39. The van der Waals surface area contributed by atoms with Gasteiger partial charge in [-0.15, -0.1) is 0 Å². The molecule has 4 rings (SSSR count). The molecule has 0 unspecified atom stereocenters. The van der Waals surface area contributed by atoms with E-state index in [-0.39, 0.29) is 12.1 Å². The number of pyridine rings is 1. The molecule has 1 aromatic carbocycles. The molecule has 0 aliphatic heterocycles. The maximum Gasteiger partial charge on any atom is 0.320 e. The van der Waals surface area contributed by atoms with Gasteiger partial charge in [0.25, 0.3) is 0 Å². The summed E-state index contributed by atoms with van der Waals surface area (Å²) in [5, 5.41) is 17.2. The molecule has 3 aromatic rings. The molecular weight excluding hydrogens is 328 g/mol. The molecule has 7 nitrogen and oxygen atoms in total. The Morgan fingerprint density at radius 1 is 1.31 bits per heavy atom. The number of nitrogens with zero attached hydrogens (tertiary/aromatic N) is 2. The zero-order valence-corrected chi connectivity index (χ0v) is 14.6. The van der Waals surface area contributed by atoms with E-state index in [2.05, 4.69) is 31.1 Å². The molecule has 0 bridgehead atoms. The predicted octanol–water partition coefficient (Wildman–Crippen LogP) is 3.66. The maximum atomic E-state index is 12.2. The highest BCUT2D eigenvalue weighted by atomic mass is 16.2. The number of urea groups is 1. The van der Waals surface area contributed by atoms with E-state index < -0.39 is 0 Å². The average Bonchev–Trinajstić information content (AvgIpc) is 3.40. The molecule has 0 radical (unpaired) electrons. The number of amides is 2. The van der Waals surface area contributed by atoms with E-state index in [0.717, 1.165) is 34.7 Å². The van der Waals surface area contributed by atoms with E-state index in [1.807, 2.05) is 37.3 Å². The maximum absolute atomic E-state index is 12.2. The van der Waals surface area contributed by atoms with E-state index in [1.54, 1.807) is 12.3 Å². The van der Waals surface area contributed by atoms with Crippen LogP contribution in [0.4, 0.5) is 16.4 Å². The van der Waals surface area contributed by atoms with Crippen molar-refractivity contribution in [2.45, 2.75) is 25.8 Å². The van der Waals surface area contributed by atoms with Crippen molar-refractivity contribution >= 4 is 28.6 Å². The summed E-state index contributed by atoms with van der Waals surface area (Å²) in [5.74, 6) is 2.06. The first-order chi connectivity index (χ1) is 12.7. The lowest BCUT2D eigenvalue weighted by atomic mass is 10.1. The molecule has 1 aliphatic carbocycles. The lowest BCUT2D eigenvalue weighted by Gasteiger charge is -2.14. The summed E-state index contributed by atoms with van der Waals surface area (Å²) < 4.78 is 0. The van der Waals surface area contributed by atoms with Gasteiger partial charge >= 0.3 is 6.03 Å². The number of aromatic amines is 1. The molecule has 0 spiro atoms. The monoisotopic (exact) mass is 350 g/mol. The summed E-state index contributed by atoms with van der Waals surface area (Å²) in [7, 11) is 0. The normalized spacial score (nSPS) is 14.8. The average molecular weight is 350 g/mol. The van der Waals surface area contributed by atoms with Crippen LogP contribution in [0.25, 0.3) is 10.9 Å². The molecule has 2 heterocycles. The summed E-state index contributed by atoms with van der Waals surface area (Å²) in [4.78, 5) is 16.6. The lowest BCUT2D eigenvalue weighted by molar-refractivity contribution is 0.249. The van der Waals surface area contributed by atoms with Crippen molar-refractivity contribution in [1.82, 2.24) is 20.5 Å². The first-order valence-electron chi connectivity index (χ1n) is 8.89. The van der Waals surface area contributed by atoms with Crippen LogP contribution >= 0.6 is 0 Å². The van der Waals surface area contributed by atoms with E-state index in [1.165, 1.54) is 12.8 Å². The fourth-order valence-corrected chi connectivity index (χ4v) is 2.85. The van der Waals surface area contributed by atoms with Gasteiger partial charge in [0.1, 0.15) is 5.82 Å². The second-order valence-corrected chi connectivity index (χ2v) is 6.74. The third-order valence-corrected chi connectivity index (χ3v) is 4.59. The molecule has 26 heavy (non-hydrogen) atoms. The van der Waals surface area contributed by atoms with Crippen LogP contribution in [-0.4, -0.2) is 27.8 Å². The quantitative estimate of drug-likeness (QED) is 0.546. The number of carbonyl (C=O) groups is 1. The van der Waals surface area contributed by atoms with E-state index in [0.29, 0.717) is 5.82 Å². The number of benzene rings is 1. The summed E-state index contributed by atoms with van der Waals surface area (Å²) in [5.41, 5.74) is 1.88. The van der Waals surface area contributed by atoms with Gasteiger partial charge in [0.15, 0.2) is 5.82 Å². The first kappa shape index (κ1) is 16.4. The molecule has 2 aromatic heterocycles. The number of hydrogen-bond acceptors (Lipinski definition) is 4. The van der Waals surface area contributed by atoms with Gasteiger partial charge in [0.05, 0.1) is 16.9 Å². The van der Waals surface area contributed by atoms with Crippen molar-refractivity contribution in [2.75, 3.05) is 17.2 Å². The first-order valence-corrected chi connectivity index (χ1v) is 8.89. The van der Waals surface area contributed by atoms with Crippen molar-refractivity contribution in [3.8, 4) is 0 Å². The van der Waals surface area contributed by atoms with Crippen molar-refractivity contribution in [3.63, 3.8) is 0 Å². The number of rotatable bonds is 6. The molecule has 0 saturated heterocycles. The molecular formula is C19H22N6O. The molecule has 1 fully saturated rings. The molecule has 2 amide bonds. The molecule has 1 atom stereocenters. The minimum Gasteiger partial charge on any atom is -0.368 e. The zero-order valence-electron chi connectivity index (χ0n) is 14.6. The second kappa shape index (κ2) is 7.03. The van der Waals surface area contributed by atoms with Crippen molar-refractivity contribution in [3.05, 3.63) is 48.2 Å². The third-order valence-electron chi connectivity index (χ3n) is 4.59. The SMILES string of the molecule is C[C@@H](NC(=O)Nc1cc2[nH]nc(NCC3CC3)c2cn1)c1ccccc1. The summed E-state index contributed by atoms with van der Waals surface area (Å²) >= 11 is 0. The van der Waals surface area contributed by atoms with Crippen molar-refractivity contribution in [2.24, 2.45) is 5.92 Å². The minimum atomic E-state index is -0.292. The summed E-state index contributed by atoms with van der Waals surface area (Å²) in [6.07, 6.45) is 4.31. The van der Waals surface area contributed by atoms with Crippen LogP contribution in [0.3, 0.4) is 0 Å². The van der Waals surface area contributed by atoms with E-state index in [4.69, 9.17) is 0 Å². The standard InChI is InChI=1S/C19H22N6O/c1-12(14-5-3-2-4-6-14)22-19(26)23-17-9-16-15(11-20-17)18(25-24-16)21-10-13-7-8-13/h2-6,9,11-13H,7-8,10H2,1H3,(H2,21,24,25)(H2,20,22,23,26)/t12-/m1/s1. The lowest BCUT2D eigenvalue weighted by Crippen LogP contribution is -2.31. The van der Waals surface area contributed by atoms with Gasteiger partial charge in [-0.3, -0.25) is 10.4 Å². The van der Waals surface area contributed by atoms with Gasteiger partial charge in [-0.05, 0) is 31.2 Å². The van der Waals surface area contributed by atoms with Gasteiger partial charge in [-0.2, -0.15) is 5.10 Å². The minimum absolute atomic E-state index is 0.0923. The largest absolute Gasteiger partial charge is 0.368 e. The highest BCUT2D eigenvalue weighted by Crippen LogP contribution is 2.30. The Morgan fingerprint density at radius 2 is 2.12 bits per heavy atom. The van der Waals surface area contributed by atoms with Crippen molar-refractivity contribution in [1.29, 1.82) is 0 Å². The Labute approximate surface area is 151 Å². The second-order valence-electron chi connectivity index (χ2n) is 6.74. The number of H-pyrrole nitrogens is 1. The number of anilines is 2. The van der Waals surface area contributed by atoms with Crippen LogP contribution in [0.5, 0.6) is 0 Å². The summed E-state index contributed by atoms with van der Waals surface area (Å²) in [6.45, 7) is 2.89. The van der Waals surface area contributed by atoms with Gasteiger partial charge < -0.3 is 10.6 Å². The highest BCUT2D eigenvalue weighted by molar-refractivity contribution is 5.94. The van der Waals surface area contributed by atoms with E-state index in [9.17, 15) is 4.79 Å². The molecule has 4 N–H and O–H groups in total. The molecule has 1 saturated carbocycles. The molecule has 1 aliphatic rings. The fraction of sp³-hybridized carbons (Fsp3) is 0.316. The zero-order chi connectivity index (χ0) is 17.9. The van der Waals surface area contributed by atoms with Gasteiger partial charge in [-0.1, -0.05) is 30.3 Å². The van der Waals surface area contributed by atoms with Gasteiger partial charge in [0.2, 0.25) is 0 Å². The van der Waals surface area contributed by atoms with Crippen LogP contribution < -0.4 is 16.0 Å². The molecule has 134 valence electrons. The van der Waals surface area contributed by atoms with Crippen LogP contribution in [0.15, 0.2) is 42.6 Å². The molecule has 7 heteroatoms. The Morgan fingerprint density at radius 3 is 2.88 bits per heavy atom. The number of fused-ring (bicyclic) bond motifs is 1. The topological polar surface area (TPSA) is 94.7 Å². The van der Waals surface area contributed by atoms with Crippen LogP contribution in [0.1, 0.15) is 31.4 Å². The Bertz CT molecular complexity index is 903. The van der Waals surface area contributed by atoms with Crippen LogP contribution in [0, 0.1) is 5.92 Å². The third kappa shape index (κ3) is 3.77. The van der Waals surface area contributed by atoms with Crippen molar-refractivity contribution < 1.29 is 4.79 Å². The number of hydrogen-bond donors (Lipinski definition) is 4. The number of carbonyl (C=O) groups excluding carboxylic acids is 1. The Hall–Kier alpha value is -3.09. The van der Waals surface area contributed by atoms with E-state index >= 15 is 0 Å². The van der Waals surface area contributed by atoms with Crippen LogP contribution in [0.2, 0.25) is 0 Å². The predicted molar refractivity (Wildman–Crippen MR) is 102 cm³/mol. The number of aromatic nitrogens is 3. The smallest absolute Gasteiger partial charge is 0.320 e. The van der Waals surface area contributed by atoms with Gasteiger partial charge in [-0.25, -0.2) is 9.78 Å².